The van der Waals surface area contributed by atoms with E-state index in [-0.39, 0.29) is 30.3 Å². The van der Waals surface area contributed by atoms with Gasteiger partial charge < -0.3 is 10.1 Å². The smallest absolute Gasteiger partial charge is 0.216 e. The monoisotopic (exact) mass is 595 g/mol. The molecule has 0 aliphatic carbocycles. The Morgan fingerprint density at radius 3 is 2.64 bits per heavy atom. The average Bonchev–Trinajstić information content (AvgIpc) is 2.89. The Morgan fingerprint density at radius 2 is 1.92 bits per heavy atom. The number of anilines is 1. The van der Waals surface area contributed by atoms with Gasteiger partial charge >= 0.3 is 0 Å². The lowest BCUT2D eigenvalue weighted by molar-refractivity contribution is -0.123. The van der Waals surface area contributed by atoms with Crippen molar-refractivity contribution in [3.05, 3.63) is 46.2 Å². The van der Waals surface area contributed by atoms with Crippen LogP contribution in [0, 0.1) is 11.8 Å². The number of hydrogen-bond acceptors (Lipinski definition) is 6. The average molecular weight is 597 g/mol. The fraction of sp³-hybridized carbons (Fsp3) is 0.586. The van der Waals surface area contributed by atoms with E-state index in [2.05, 4.69) is 24.1 Å². The molecule has 2 saturated heterocycles. The molecule has 4 rings (SSSR count). The lowest BCUT2D eigenvalue weighted by Gasteiger charge is -2.35. The number of halogens is 2. The van der Waals surface area contributed by atoms with Gasteiger partial charge in [0.15, 0.2) is 0 Å². The van der Waals surface area contributed by atoms with Crippen molar-refractivity contribution in [2.24, 2.45) is 11.8 Å². The van der Waals surface area contributed by atoms with Crippen LogP contribution in [-0.2, 0) is 26.0 Å². The second-order valence-corrected chi connectivity index (χ2v) is 14.9. The predicted octanol–water partition coefficient (Wildman–Crippen LogP) is 6.23. The normalized spacial score (nSPS) is 22.1. The lowest BCUT2D eigenvalue weighted by Crippen LogP contribution is -2.45. The van der Waals surface area contributed by atoms with Crippen molar-refractivity contribution in [2.45, 2.75) is 70.7 Å². The van der Waals surface area contributed by atoms with E-state index >= 15 is 0 Å². The molecular formula is C29H39Cl2N3O4S. The molecule has 0 saturated carbocycles. The van der Waals surface area contributed by atoms with Gasteiger partial charge in [0.2, 0.25) is 10.0 Å². The summed E-state index contributed by atoms with van der Waals surface area (Å²) in [4.78, 5) is 17.6. The summed E-state index contributed by atoms with van der Waals surface area (Å²) < 4.78 is 32.6. The maximum Gasteiger partial charge on any atom is 0.216 e. The first kappa shape index (κ1) is 30.3. The molecule has 2 aromatic rings. The first-order valence-electron chi connectivity index (χ1n) is 13.7. The Labute approximate surface area is 242 Å². The van der Waals surface area contributed by atoms with E-state index < -0.39 is 15.3 Å². The molecule has 0 radical (unpaired) electrons. The van der Waals surface area contributed by atoms with E-state index in [1.165, 1.54) is 4.31 Å². The van der Waals surface area contributed by atoms with Crippen molar-refractivity contribution in [1.29, 1.82) is 0 Å². The molecule has 0 amide bonds. The van der Waals surface area contributed by atoms with E-state index in [0.29, 0.717) is 46.6 Å². The van der Waals surface area contributed by atoms with Crippen LogP contribution in [0.3, 0.4) is 0 Å². The van der Waals surface area contributed by atoms with E-state index in [1.54, 1.807) is 20.0 Å². The molecule has 0 spiro atoms. The number of rotatable bonds is 9. The number of ketones is 1. The number of benzene rings is 1. The van der Waals surface area contributed by atoms with Gasteiger partial charge in [-0.15, -0.1) is 0 Å². The molecule has 2 fully saturated rings. The zero-order valence-corrected chi connectivity index (χ0v) is 25.5. The number of nitrogens with one attached hydrogen (secondary N) is 1. The Morgan fingerprint density at radius 1 is 1.18 bits per heavy atom. The van der Waals surface area contributed by atoms with Crippen LogP contribution in [0.5, 0.6) is 0 Å². The number of carbonyl (C=O) groups excluding carboxylic acids is 1. The first-order valence-corrected chi connectivity index (χ1v) is 16.0. The van der Waals surface area contributed by atoms with Crippen molar-refractivity contribution in [3.63, 3.8) is 0 Å². The molecule has 1 N–H and O–H groups in total. The molecule has 3 heterocycles. The summed E-state index contributed by atoms with van der Waals surface area (Å²) in [7, 11) is -3.39. The zero-order valence-electron chi connectivity index (χ0n) is 23.2. The third-order valence-electron chi connectivity index (χ3n) is 7.71. The summed E-state index contributed by atoms with van der Waals surface area (Å²) in [5.74, 6) is 0.154. The van der Waals surface area contributed by atoms with Gasteiger partial charge in [-0.3, -0.25) is 9.78 Å². The van der Waals surface area contributed by atoms with Gasteiger partial charge in [-0.25, -0.2) is 12.7 Å². The molecule has 2 atom stereocenters. The van der Waals surface area contributed by atoms with Crippen LogP contribution in [0.2, 0.25) is 10.0 Å². The number of aromatic nitrogens is 1. The van der Waals surface area contributed by atoms with Gasteiger partial charge in [0.25, 0.3) is 0 Å². The van der Waals surface area contributed by atoms with Gasteiger partial charge in [-0.1, -0.05) is 23.2 Å². The van der Waals surface area contributed by atoms with Gasteiger partial charge in [0.05, 0.1) is 15.9 Å². The minimum atomic E-state index is -3.39. The van der Waals surface area contributed by atoms with Gasteiger partial charge in [-0.05, 0) is 83.6 Å². The van der Waals surface area contributed by atoms with Crippen LogP contribution in [0.1, 0.15) is 59.1 Å². The Bertz CT molecular complexity index is 1300. The minimum absolute atomic E-state index is 0.0136. The third kappa shape index (κ3) is 7.53. The first-order chi connectivity index (χ1) is 18.4. The SMILES string of the molecule is CC(C)S(=O)(=O)N1CCC[C@H](C(=O)Cc2cc(-c3cc(NC[C@@H]4CCOC(C)(C)C4)ccc3Cl)c(Cl)cn2)C1. The maximum absolute atomic E-state index is 13.2. The summed E-state index contributed by atoms with van der Waals surface area (Å²) in [6.45, 7) is 9.89. The fourth-order valence-electron chi connectivity index (χ4n) is 5.48. The van der Waals surface area contributed by atoms with Crippen LogP contribution < -0.4 is 5.32 Å². The van der Waals surface area contributed by atoms with Gasteiger partial charge in [0.1, 0.15) is 5.78 Å². The molecule has 1 aromatic heterocycles. The van der Waals surface area contributed by atoms with Crippen LogP contribution >= 0.6 is 23.2 Å². The molecule has 214 valence electrons. The summed E-state index contributed by atoms with van der Waals surface area (Å²) in [6, 6.07) is 7.60. The highest BCUT2D eigenvalue weighted by Gasteiger charge is 2.34. The molecule has 7 nitrogen and oxygen atoms in total. The summed E-state index contributed by atoms with van der Waals surface area (Å²) in [5.41, 5.74) is 2.90. The summed E-state index contributed by atoms with van der Waals surface area (Å²) >= 11 is 13.2. The second-order valence-electron chi connectivity index (χ2n) is 11.6. The molecule has 2 aliphatic heterocycles. The minimum Gasteiger partial charge on any atom is -0.385 e. The predicted molar refractivity (Wildman–Crippen MR) is 158 cm³/mol. The molecule has 0 bridgehead atoms. The number of carbonyl (C=O) groups is 1. The number of pyridine rings is 1. The number of Topliss-reactive ketones (excluding diaryl/α,β-unsaturated/α-hetero) is 1. The van der Waals surface area contributed by atoms with Crippen molar-refractivity contribution in [2.75, 3.05) is 31.6 Å². The van der Waals surface area contributed by atoms with Gasteiger partial charge in [0, 0.05) is 72.3 Å². The van der Waals surface area contributed by atoms with Crippen molar-refractivity contribution in [1.82, 2.24) is 9.29 Å². The highest BCUT2D eigenvalue weighted by atomic mass is 35.5. The number of ether oxygens (including phenoxy) is 1. The molecule has 10 heteroatoms. The second kappa shape index (κ2) is 12.4. The van der Waals surface area contributed by atoms with Crippen LogP contribution in [0.25, 0.3) is 11.1 Å². The van der Waals surface area contributed by atoms with E-state index in [1.807, 2.05) is 24.3 Å². The van der Waals surface area contributed by atoms with Crippen LogP contribution in [0.15, 0.2) is 30.5 Å². The van der Waals surface area contributed by atoms with Crippen LogP contribution in [-0.4, -0.2) is 60.6 Å². The third-order valence-corrected chi connectivity index (χ3v) is 10.6. The van der Waals surface area contributed by atoms with E-state index in [0.717, 1.165) is 37.2 Å². The maximum atomic E-state index is 13.2. The Kier molecular flexibility index (Phi) is 9.65. The topological polar surface area (TPSA) is 88.6 Å². The summed E-state index contributed by atoms with van der Waals surface area (Å²) in [6.07, 6.45) is 5.02. The van der Waals surface area contributed by atoms with E-state index in [9.17, 15) is 13.2 Å². The van der Waals surface area contributed by atoms with Gasteiger partial charge in [-0.2, -0.15) is 0 Å². The largest absolute Gasteiger partial charge is 0.385 e. The highest BCUT2D eigenvalue weighted by molar-refractivity contribution is 7.89. The van der Waals surface area contributed by atoms with Crippen molar-refractivity contribution < 1.29 is 17.9 Å². The highest BCUT2D eigenvalue weighted by Crippen LogP contribution is 2.36. The van der Waals surface area contributed by atoms with Crippen molar-refractivity contribution >= 4 is 44.7 Å². The van der Waals surface area contributed by atoms with Crippen LogP contribution in [0.4, 0.5) is 5.69 Å². The number of sulfonamides is 1. The number of hydrogen-bond donors (Lipinski definition) is 1. The van der Waals surface area contributed by atoms with E-state index in [4.69, 9.17) is 27.9 Å². The number of piperidine rings is 1. The molecular weight excluding hydrogens is 557 g/mol. The molecule has 0 unspecified atom stereocenters. The molecule has 39 heavy (non-hydrogen) atoms. The fourth-order valence-corrected chi connectivity index (χ4v) is 7.27. The number of nitrogens with zero attached hydrogens (tertiary/aromatic N) is 2. The molecule has 1 aromatic carbocycles. The quantitative estimate of drug-likeness (QED) is 0.369. The Balaban J connectivity index is 1.47. The summed E-state index contributed by atoms with van der Waals surface area (Å²) in [5, 5.41) is 4.04. The standard InChI is InChI=1S/C29H39Cl2N3O4S/c1-19(2)39(36,37)34-10-5-6-21(18-34)28(35)14-23-13-25(27(31)17-33-23)24-12-22(7-8-26(24)30)32-16-20-9-11-38-29(3,4)15-20/h7-8,12-13,17,19-21,32H,5-6,9-11,14-16,18H2,1-4H3/t20-,21+/m1/s1. The van der Waals surface area contributed by atoms with Crippen molar-refractivity contribution in [3.8, 4) is 11.1 Å². The Hall–Kier alpha value is -1.71. The zero-order chi connectivity index (χ0) is 28.4. The molecule has 2 aliphatic rings. The lowest BCUT2D eigenvalue weighted by atomic mass is 9.88.